The zero-order chi connectivity index (χ0) is 15.8. The minimum Gasteiger partial charge on any atom is -0.478 e. The summed E-state index contributed by atoms with van der Waals surface area (Å²) in [5.74, 6) is -1.55. The number of amides is 1. The van der Waals surface area contributed by atoms with Crippen LogP contribution in [0.25, 0.3) is 0 Å². The zero-order valence-corrected chi connectivity index (χ0v) is 12.5. The third-order valence-corrected chi connectivity index (χ3v) is 5.45. The monoisotopic (exact) mass is 312 g/mol. The highest BCUT2D eigenvalue weighted by Gasteiger charge is 2.35. The summed E-state index contributed by atoms with van der Waals surface area (Å²) in [6.07, 6.45) is 0. The number of carboxylic acids is 1. The molecular weight excluding hydrogens is 296 g/mol. The largest absolute Gasteiger partial charge is 0.478 e. The van der Waals surface area contributed by atoms with Crippen molar-refractivity contribution in [2.45, 2.75) is 24.8 Å². The molecule has 21 heavy (non-hydrogen) atoms. The molecule has 0 aromatic heterocycles. The number of hydrogen-bond acceptors (Lipinski definition) is 4. The van der Waals surface area contributed by atoms with Gasteiger partial charge in [-0.05, 0) is 31.5 Å². The number of nitrogens with zero attached hydrogens (tertiary/aromatic N) is 1. The summed E-state index contributed by atoms with van der Waals surface area (Å²) < 4.78 is 26.3. The Hall–Kier alpha value is -1.93. The van der Waals surface area contributed by atoms with Gasteiger partial charge in [0.05, 0.1) is 10.5 Å². The molecule has 0 spiro atoms. The van der Waals surface area contributed by atoms with Gasteiger partial charge in [-0.1, -0.05) is 6.07 Å². The van der Waals surface area contributed by atoms with Crippen LogP contribution in [-0.4, -0.2) is 48.8 Å². The fourth-order valence-corrected chi connectivity index (χ4v) is 3.84. The summed E-state index contributed by atoms with van der Waals surface area (Å²) in [6.45, 7) is 3.49. The molecule has 1 amide bonds. The standard InChI is InChI=1S/C13H16N2O5S/c1-8-3-4-10(7-11(8)13(17)18)21(19,20)15-6-5-14-12(16)9(15)2/h3-4,7,9H,5-6H2,1-2H3,(H,14,16)(H,17,18). The zero-order valence-electron chi connectivity index (χ0n) is 11.7. The van der Waals surface area contributed by atoms with E-state index in [2.05, 4.69) is 5.32 Å². The predicted octanol–water partition coefficient (Wildman–Crippen LogP) is 0.202. The molecule has 1 aliphatic heterocycles. The highest BCUT2D eigenvalue weighted by atomic mass is 32.2. The SMILES string of the molecule is Cc1ccc(S(=O)(=O)N2CCNC(=O)C2C)cc1C(=O)O. The quantitative estimate of drug-likeness (QED) is 0.830. The molecule has 1 aliphatic rings. The number of aromatic carboxylic acids is 1. The number of aryl methyl sites for hydroxylation is 1. The summed E-state index contributed by atoms with van der Waals surface area (Å²) in [7, 11) is -3.91. The van der Waals surface area contributed by atoms with Crippen molar-refractivity contribution in [1.29, 1.82) is 0 Å². The fraction of sp³-hybridized carbons (Fsp3) is 0.385. The molecule has 1 aromatic carbocycles. The number of carboxylic acid groups (broad SMARTS) is 1. The van der Waals surface area contributed by atoms with Crippen molar-refractivity contribution in [2.24, 2.45) is 0 Å². The van der Waals surface area contributed by atoms with E-state index in [0.29, 0.717) is 5.56 Å². The summed E-state index contributed by atoms with van der Waals surface area (Å²) in [4.78, 5) is 22.6. The molecule has 1 aromatic rings. The molecule has 1 atom stereocenters. The Morgan fingerprint density at radius 3 is 2.71 bits per heavy atom. The lowest BCUT2D eigenvalue weighted by Gasteiger charge is -2.31. The van der Waals surface area contributed by atoms with Crippen LogP contribution >= 0.6 is 0 Å². The van der Waals surface area contributed by atoms with Gasteiger partial charge in [-0.15, -0.1) is 0 Å². The Balaban J connectivity index is 2.47. The molecule has 0 saturated carbocycles. The Morgan fingerprint density at radius 1 is 1.43 bits per heavy atom. The van der Waals surface area contributed by atoms with Gasteiger partial charge >= 0.3 is 5.97 Å². The second-order valence-corrected chi connectivity index (χ2v) is 6.76. The first-order valence-electron chi connectivity index (χ1n) is 6.38. The van der Waals surface area contributed by atoms with Gasteiger partial charge in [0, 0.05) is 13.1 Å². The first-order chi connectivity index (χ1) is 9.75. The van der Waals surface area contributed by atoms with E-state index in [-0.39, 0.29) is 29.5 Å². The maximum absolute atomic E-state index is 12.6. The van der Waals surface area contributed by atoms with E-state index in [9.17, 15) is 18.0 Å². The van der Waals surface area contributed by atoms with Crippen molar-refractivity contribution >= 4 is 21.9 Å². The van der Waals surface area contributed by atoms with Crippen molar-refractivity contribution in [1.82, 2.24) is 9.62 Å². The van der Waals surface area contributed by atoms with Gasteiger partial charge < -0.3 is 10.4 Å². The summed E-state index contributed by atoms with van der Waals surface area (Å²) in [6, 6.07) is 3.12. The number of carbonyl (C=O) groups is 2. The fourth-order valence-electron chi connectivity index (χ4n) is 2.22. The van der Waals surface area contributed by atoms with Crippen molar-refractivity contribution in [3.63, 3.8) is 0 Å². The smallest absolute Gasteiger partial charge is 0.335 e. The van der Waals surface area contributed by atoms with Crippen molar-refractivity contribution in [3.05, 3.63) is 29.3 Å². The Labute approximate surface area is 122 Å². The summed E-state index contributed by atoms with van der Waals surface area (Å²) in [5.41, 5.74) is 0.413. The van der Waals surface area contributed by atoms with Gasteiger partial charge in [0.15, 0.2) is 0 Å². The van der Waals surface area contributed by atoms with Crippen molar-refractivity contribution in [2.75, 3.05) is 13.1 Å². The maximum Gasteiger partial charge on any atom is 0.335 e. The van der Waals surface area contributed by atoms with Crippen LogP contribution in [0.15, 0.2) is 23.1 Å². The number of sulfonamides is 1. The molecule has 0 bridgehead atoms. The molecule has 2 N–H and O–H groups in total. The number of carbonyl (C=O) groups excluding carboxylic acids is 1. The van der Waals surface area contributed by atoms with E-state index < -0.39 is 22.0 Å². The molecule has 7 nitrogen and oxygen atoms in total. The van der Waals surface area contributed by atoms with Crippen LogP contribution in [0.1, 0.15) is 22.8 Å². The minimum atomic E-state index is -3.91. The topological polar surface area (TPSA) is 104 Å². The Morgan fingerprint density at radius 2 is 2.10 bits per heavy atom. The Bertz CT molecular complexity index is 699. The maximum atomic E-state index is 12.6. The number of piperazine rings is 1. The molecule has 8 heteroatoms. The lowest BCUT2D eigenvalue weighted by Crippen LogP contribution is -2.55. The average Bonchev–Trinajstić information content (AvgIpc) is 2.41. The first-order valence-corrected chi connectivity index (χ1v) is 7.82. The Kier molecular flexibility index (Phi) is 4.02. The van der Waals surface area contributed by atoms with Crippen molar-refractivity contribution in [3.8, 4) is 0 Å². The predicted molar refractivity (Wildman–Crippen MR) is 74.5 cm³/mol. The van der Waals surface area contributed by atoms with E-state index in [0.717, 1.165) is 10.4 Å². The second-order valence-electron chi connectivity index (χ2n) is 4.86. The van der Waals surface area contributed by atoms with Crippen LogP contribution in [-0.2, 0) is 14.8 Å². The summed E-state index contributed by atoms with van der Waals surface area (Å²) in [5, 5.41) is 11.7. The lowest BCUT2D eigenvalue weighted by molar-refractivity contribution is -0.126. The van der Waals surface area contributed by atoms with Crippen molar-refractivity contribution < 1.29 is 23.1 Å². The summed E-state index contributed by atoms with van der Waals surface area (Å²) >= 11 is 0. The number of nitrogens with one attached hydrogen (secondary N) is 1. The highest BCUT2D eigenvalue weighted by Crippen LogP contribution is 2.22. The molecule has 1 heterocycles. The molecule has 2 rings (SSSR count). The van der Waals surface area contributed by atoms with E-state index in [1.165, 1.54) is 19.1 Å². The molecule has 0 aliphatic carbocycles. The van der Waals surface area contributed by atoms with Crippen LogP contribution in [0, 0.1) is 6.92 Å². The van der Waals surface area contributed by atoms with Gasteiger partial charge in [0.25, 0.3) is 0 Å². The lowest BCUT2D eigenvalue weighted by atomic mass is 10.1. The highest BCUT2D eigenvalue weighted by molar-refractivity contribution is 7.89. The van der Waals surface area contributed by atoms with E-state index in [1.54, 1.807) is 6.92 Å². The van der Waals surface area contributed by atoms with Gasteiger partial charge in [0.1, 0.15) is 6.04 Å². The molecule has 1 unspecified atom stereocenters. The number of benzene rings is 1. The molecule has 114 valence electrons. The van der Waals surface area contributed by atoms with Crippen LogP contribution < -0.4 is 5.32 Å². The van der Waals surface area contributed by atoms with E-state index in [1.807, 2.05) is 0 Å². The van der Waals surface area contributed by atoms with E-state index in [4.69, 9.17) is 5.11 Å². The van der Waals surface area contributed by atoms with Gasteiger partial charge in [-0.25, -0.2) is 13.2 Å². The van der Waals surface area contributed by atoms with Gasteiger partial charge in [-0.2, -0.15) is 4.31 Å². The minimum absolute atomic E-state index is 0.0646. The van der Waals surface area contributed by atoms with Gasteiger partial charge in [0.2, 0.25) is 15.9 Å². The van der Waals surface area contributed by atoms with E-state index >= 15 is 0 Å². The number of hydrogen-bond donors (Lipinski definition) is 2. The molecule has 0 radical (unpaired) electrons. The van der Waals surface area contributed by atoms with Crippen LogP contribution in [0.2, 0.25) is 0 Å². The van der Waals surface area contributed by atoms with Gasteiger partial charge in [-0.3, -0.25) is 4.79 Å². The molecule has 1 saturated heterocycles. The normalized spacial score (nSPS) is 20.1. The second kappa shape index (κ2) is 5.45. The first kappa shape index (κ1) is 15.5. The number of rotatable bonds is 3. The molecule has 1 fully saturated rings. The molecular formula is C13H16N2O5S. The average molecular weight is 312 g/mol. The van der Waals surface area contributed by atoms with Crippen LogP contribution in [0.4, 0.5) is 0 Å². The van der Waals surface area contributed by atoms with Crippen LogP contribution in [0.5, 0.6) is 0 Å². The van der Waals surface area contributed by atoms with Crippen LogP contribution in [0.3, 0.4) is 0 Å². The third-order valence-electron chi connectivity index (χ3n) is 3.49. The third kappa shape index (κ3) is 2.77.